The molecule has 9 heteroatoms. The van der Waals surface area contributed by atoms with E-state index in [4.69, 9.17) is 32.4 Å². The minimum absolute atomic E-state index is 0.197. The third-order valence-electron chi connectivity index (χ3n) is 5.21. The van der Waals surface area contributed by atoms with Crippen molar-refractivity contribution >= 4 is 57.9 Å². The molecule has 162 valence electrons. The predicted molar refractivity (Wildman–Crippen MR) is 121 cm³/mol. The molecule has 31 heavy (non-hydrogen) atoms. The number of hydrogen-bond acceptors (Lipinski definition) is 5. The molecular weight excluding hydrogens is 441 g/mol. The van der Waals surface area contributed by atoms with E-state index in [2.05, 4.69) is 15.5 Å². The summed E-state index contributed by atoms with van der Waals surface area (Å²) in [6, 6.07) is 8.51. The average molecular weight is 462 g/mol. The Balaban J connectivity index is 1.80. The van der Waals surface area contributed by atoms with E-state index in [1.54, 1.807) is 24.3 Å². The molecule has 1 aliphatic rings. The minimum Gasteiger partial charge on any atom is -0.457 e. The number of halogens is 2. The molecule has 1 fully saturated rings. The predicted octanol–water partition coefficient (Wildman–Crippen LogP) is 4.38. The molecule has 2 heterocycles. The van der Waals surface area contributed by atoms with Crippen LogP contribution >= 0.6 is 23.2 Å². The van der Waals surface area contributed by atoms with Gasteiger partial charge in [0.25, 0.3) is 5.91 Å². The van der Waals surface area contributed by atoms with Gasteiger partial charge in [-0.3, -0.25) is 9.59 Å². The van der Waals surface area contributed by atoms with Gasteiger partial charge < -0.3 is 24.7 Å². The summed E-state index contributed by atoms with van der Waals surface area (Å²) in [5, 5.41) is 6.95. The van der Waals surface area contributed by atoms with E-state index >= 15 is 0 Å². The number of morpholine rings is 1. The zero-order valence-corrected chi connectivity index (χ0v) is 18.3. The van der Waals surface area contributed by atoms with Gasteiger partial charge in [-0.25, -0.2) is 0 Å². The van der Waals surface area contributed by atoms with Crippen LogP contribution in [0.4, 0.5) is 11.4 Å². The third-order valence-corrected chi connectivity index (χ3v) is 5.84. The lowest BCUT2D eigenvalue weighted by atomic mass is 10.1. The number of amides is 2. The van der Waals surface area contributed by atoms with Crippen molar-refractivity contribution in [3.8, 4) is 0 Å². The molecule has 0 spiro atoms. The zero-order valence-electron chi connectivity index (χ0n) is 16.8. The van der Waals surface area contributed by atoms with Gasteiger partial charge in [0, 0.05) is 19.6 Å². The maximum atomic E-state index is 12.9. The van der Waals surface area contributed by atoms with Crippen molar-refractivity contribution in [2.24, 2.45) is 0 Å². The monoisotopic (exact) mass is 461 g/mol. The molecule has 0 aliphatic carbocycles. The second-order valence-corrected chi connectivity index (χ2v) is 7.95. The van der Waals surface area contributed by atoms with E-state index < -0.39 is 5.91 Å². The first-order valence-electron chi connectivity index (χ1n) is 9.81. The standard InChI is InChI=1S/C22H21Cl2N3O4/c1-13-20(27-7-9-30-10-8-27)18-14(11-25-12-28)5-6-17(21(18)31-13)26-22(29)19-15(23)3-2-4-16(19)24/h2-6,12H,7-11H2,1H3,(H,25,28)(H,26,29). The van der Waals surface area contributed by atoms with E-state index in [0.717, 1.165) is 35.5 Å². The quantitative estimate of drug-likeness (QED) is 0.532. The normalized spacial score (nSPS) is 14.0. The van der Waals surface area contributed by atoms with Gasteiger partial charge in [-0.15, -0.1) is 0 Å². The number of carbonyl (C=O) groups excluding carboxylic acids is 2. The first-order valence-corrected chi connectivity index (χ1v) is 10.6. The molecule has 0 unspecified atom stereocenters. The number of nitrogens with zero attached hydrogens (tertiary/aromatic N) is 1. The van der Waals surface area contributed by atoms with Crippen LogP contribution < -0.4 is 15.5 Å². The molecule has 0 saturated carbocycles. The smallest absolute Gasteiger partial charge is 0.258 e. The van der Waals surface area contributed by atoms with Crippen molar-refractivity contribution in [2.45, 2.75) is 13.5 Å². The van der Waals surface area contributed by atoms with Gasteiger partial charge in [-0.05, 0) is 30.7 Å². The highest BCUT2D eigenvalue weighted by Gasteiger charge is 2.25. The SMILES string of the molecule is Cc1oc2c(NC(=O)c3c(Cl)cccc3Cl)ccc(CNC=O)c2c1N1CCOCC1. The number of nitrogens with one attached hydrogen (secondary N) is 2. The minimum atomic E-state index is -0.433. The van der Waals surface area contributed by atoms with Crippen molar-refractivity contribution in [3.63, 3.8) is 0 Å². The van der Waals surface area contributed by atoms with E-state index in [1.807, 2.05) is 13.0 Å². The van der Waals surface area contributed by atoms with Crippen LogP contribution in [0.5, 0.6) is 0 Å². The summed E-state index contributed by atoms with van der Waals surface area (Å²) in [6.45, 7) is 4.91. The molecule has 0 radical (unpaired) electrons. The van der Waals surface area contributed by atoms with Gasteiger partial charge in [0.15, 0.2) is 5.58 Å². The Kier molecular flexibility index (Phi) is 6.36. The van der Waals surface area contributed by atoms with Crippen LogP contribution in [0.15, 0.2) is 34.7 Å². The lowest BCUT2D eigenvalue weighted by Gasteiger charge is -2.29. The second kappa shape index (κ2) is 9.18. The van der Waals surface area contributed by atoms with Gasteiger partial charge in [-0.1, -0.05) is 35.3 Å². The van der Waals surface area contributed by atoms with Crippen molar-refractivity contribution in [1.82, 2.24) is 5.32 Å². The first-order chi connectivity index (χ1) is 15.0. The van der Waals surface area contributed by atoms with Crippen molar-refractivity contribution < 1.29 is 18.7 Å². The van der Waals surface area contributed by atoms with Crippen molar-refractivity contribution in [2.75, 3.05) is 36.5 Å². The highest BCUT2D eigenvalue weighted by molar-refractivity contribution is 6.40. The van der Waals surface area contributed by atoms with Crippen LogP contribution in [0.3, 0.4) is 0 Å². The van der Waals surface area contributed by atoms with Crippen molar-refractivity contribution in [3.05, 3.63) is 57.3 Å². The molecule has 2 aromatic carbocycles. The topological polar surface area (TPSA) is 83.8 Å². The maximum Gasteiger partial charge on any atom is 0.258 e. The Morgan fingerprint density at radius 1 is 1.16 bits per heavy atom. The summed E-state index contributed by atoms with van der Waals surface area (Å²) >= 11 is 12.4. The van der Waals surface area contributed by atoms with E-state index in [1.165, 1.54) is 0 Å². The molecule has 7 nitrogen and oxygen atoms in total. The van der Waals surface area contributed by atoms with E-state index in [0.29, 0.717) is 37.4 Å². The van der Waals surface area contributed by atoms with E-state index in [9.17, 15) is 9.59 Å². The molecule has 0 bridgehead atoms. The molecule has 1 aromatic heterocycles. The number of hydrogen-bond donors (Lipinski definition) is 2. The number of carbonyl (C=O) groups is 2. The van der Waals surface area contributed by atoms with Gasteiger partial charge >= 0.3 is 0 Å². The number of furan rings is 1. The molecule has 1 saturated heterocycles. The maximum absolute atomic E-state index is 12.9. The van der Waals surface area contributed by atoms with Crippen LogP contribution in [0, 0.1) is 6.92 Å². The van der Waals surface area contributed by atoms with E-state index in [-0.39, 0.29) is 15.6 Å². The Labute approximate surface area is 189 Å². The fourth-order valence-electron chi connectivity index (χ4n) is 3.83. The molecule has 3 aromatic rings. The molecule has 0 atom stereocenters. The van der Waals surface area contributed by atoms with Crippen LogP contribution in [-0.4, -0.2) is 38.6 Å². The Morgan fingerprint density at radius 3 is 2.55 bits per heavy atom. The number of aryl methyl sites for hydroxylation is 1. The lowest BCUT2D eigenvalue weighted by Crippen LogP contribution is -2.36. The fourth-order valence-corrected chi connectivity index (χ4v) is 4.40. The number of fused-ring (bicyclic) bond motifs is 1. The van der Waals surface area contributed by atoms with Gasteiger partial charge in [0.05, 0.1) is 45.6 Å². The molecule has 2 N–H and O–H groups in total. The summed E-state index contributed by atoms with van der Waals surface area (Å²) in [4.78, 5) is 26.0. The van der Waals surface area contributed by atoms with Crippen LogP contribution in [0.25, 0.3) is 11.0 Å². The highest BCUT2D eigenvalue weighted by Crippen LogP contribution is 2.40. The zero-order chi connectivity index (χ0) is 22.0. The summed E-state index contributed by atoms with van der Waals surface area (Å²) < 4.78 is 11.6. The molecule has 4 rings (SSSR count). The van der Waals surface area contributed by atoms with Gasteiger partial charge in [0.1, 0.15) is 5.76 Å². The summed E-state index contributed by atoms with van der Waals surface area (Å²) in [5.41, 5.74) is 3.04. The average Bonchev–Trinajstić information content (AvgIpc) is 3.11. The molecule has 2 amide bonds. The fraction of sp³-hybridized carbons (Fsp3) is 0.273. The molecular formula is C22H21Cl2N3O4. The number of ether oxygens (including phenoxy) is 1. The van der Waals surface area contributed by atoms with Crippen LogP contribution in [0.1, 0.15) is 21.7 Å². The Hall–Kier alpha value is -2.74. The number of anilines is 2. The molecule has 1 aliphatic heterocycles. The first kappa shape index (κ1) is 21.5. The summed E-state index contributed by atoms with van der Waals surface area (Å²) in [6.07, 6.45) is 0.655. The number of benzene rings is 2. The Bertz CT molecular complexity index is 1120. The van der Waals surface area contributed by atoms with Crippen LogP contribution in [0.2, 0.25) is 10.0 Å². The second-order valence-electron chi connectivity index (χ2n) is 7.13. The summed E-state index contributed by atoms with van der Waals surface area (Å²) in [5.74, 6) is 0.291. The number of rotatable bonds is 6. The third kappa shape index (κ3) is 4.21. The highest BCUT2D eigenvalue weighted by atomic mass is 35.5. The van der Waals surface area contributed by atoms with Crippen molar-refractivity contribution in [1.29, 1.82) is 0 Å². The lowest BCUT2D eigenvalue weighted by molar-refractivity contribution is -0.109. The van der Waals surface area contributed by atoms with Gasteiger partial charge in [-0.2, -0.15) is 0 Å². The van der Waals surface area contributed by atoms with Gasteiger partial charge in [0.2, 0.25) is 6.41 Å². The largest absolute Gasteiger partial charge is 0.457 e. The summed E-state index contributed by atoms with van der Waals surface area (Å²) in [7, 11) is 0. The van der Waals surface area contributed by atoms with Crippen LogP contribution in [-0.2, 0) is 16.1 Å². The Morgan fingerprint density at radius 2 is 1.87 bits per heavy atom.